The van der Waals surface area contributed by atoms with Gasteiger partial charge in [-0.15, -0.1) is 0 Å². The molecule has 14 heavy (non-hydrogen) atoms. The number of aryl methyl sites for hydroxylation is 1. The molecule has 0 amide bonds. The predicted octanol–water partition coefficient (Wildman–Crippen LogP) is 2.88. The lowest BCUT2D eigenvalue weighted by molar-refractivity contribution is 0.744. The van der Waals surface area contributed by atoms with Crippen molar-refractivity contribution in [1.29, 1.82) is 0 Å². The molecule has 0 aliphatic rings. The van der Waals surface area contributed by atoms with Crippen LogP contribution in [0.15, 0.2) is 35.9 Å². The smallest absolute Gasteiger partial charge is 0.0146 e. The third kappa shape index (κ3) is 4.45. The molecule has 76 valence electrons. The highest BCUT2D eigenvalue weighted by atomic mass is 35.5. The Hall–Kier alpha value is -0.790. The largest absolute Gasteiger partial charge is 0.313 e. The molecule has 2 heteroatoms. The van der Waals surface area contributed by atoms with Crippen molar-refractivity contribution in [3.05, 3.63) is 47.0 Å². The fourth-order valence-electron chi connectivity index (χ4n) is 1.33. The van der Waals surface area contributed by atoms with Crippen LogP contribution in [0.5, 0.6) is 0 Å². The summed E-state index contributed by atoms with van der Waals surface area (Å²) in [5.41, 5.74) is 4.25. The first-order valence-electron chi connectivity index (χ1n) is 4.84. The number of benzene rings is 1. The first kappa shape index (κ1) is 11.3. The standard InChI is InChI=1S/C12H16ClN/c1-11-4-2-5-12(10-11)6-9-14-8-3-7-13/h2-5,7,10,14H,6,8-9H2,1H3/b7-3+. The van der Waals surface area contributed by atoms with Crippen LogP contribution < -0.4 is 5.32 Å². The van der Waals surface area contributed by atoms with E-state index in [1.54, 1.807) is 5.54 Å². The summed E-state index contributed by atoms with van der Waals surface area (Å²) < 4.78 is 0. The fourth-order valence-corrected chi connectivity index (χ4v) is 1.42. The van der Waals surface area contributed by atoms with Crippen molar-refractivity contribution in [2.45, 2.75) is 13.3 Å². The minimum absolute atomic E-state index is 0.843. The highest BCUT2D eigenvalue weighted by Gasteiger charge is 1.91. The Kier molecular flexibility index (Phi) is 5.35. The molecule has 0 bridgehead atoms. The molecule has 1 aromatic carbocycles. The van der Waals surface area contributed by atoms with Crippen LogP contribution in [-0.2, 0) is 6.42 Å². The maximum absolute atomic E-state index is 5.40. The zero-order valence-corrected chi connectivity index (χ0v) is 9.22. The second-order valence-corrected chi connectivity index (χ2v) is 3.56. The van der Waals surface area contributed by atoms with E-state index in [0.29, 0.717) is 0 Å². The lowest BCUT2D eigenvalue weighted by Gasteiger charge is -2.02. The minimum Gasteiger partial charge on any atom is -0.313 e. The molecular weight excluding hydrogens is 194 g/mol. The quantitative estimate of drug-likeness (QED) is 0.736. The summed E-state index contributed by atoms with van der Waals surface area (Å²) >= 11 is 5.40. The Labute approximate surface area is 90.8 Å². The molecule has 0 atom stereocenters. The van der Waals surface area contributed by atoms with E-state index in [2.05, 4.69) is 36.5 Å². The second kappa shape index (κ2) is 6.63. The minimum atomic E-state index is 0.843. The summed E-state index contributed by atoms with van der Waals surface area (Å²) in [5, 5.41) is 3.28. The molecule has 0 saturated heterocycles. The van der Waals surface area contributed by atoms with Crippen LogP contribution in [0.2, 0.25) is 0 Å². The number of nitrogens with one attached hydrogen (secondary N) is 1. The molecular formula is C12H16ClN. The van der Waals surface area contributed by atoms with Gasteiger partial charge in [0.15, 0.2) is 0 Å². The molecule has 0 fully saturated rings. The summed E-state index contributed by atoms with van der Waals surface area (Å²) in [6, 6.07) is 8.60. The van der Waals surface area contributed by atoms with E-state index < -0.39 is 0 Å². The number of hydrogen-bond acceptors (Lipinski definition) is 1. The van der Waals surface area contributed by atoms with Crippen molar-refractivity contribution in [3.63, 3.8) is 0 Å². The molecule has 0 aliphatic carbocycles. The van der Waals surface area contributed by atoms with E-state index in [1.165, 1.54) is 11.1 Å². The molecule has 0 unspecified atom stereocenters. The van der Waals surface area contributed by atoms with Gasteiger partial charge in [0.1, 0.15) is 0 Å². The third-order valence-electron chi connectivity index (χ3n) is 2.02. The van der Waals surface area contributed by atoms with Crippen molar-refractivity contribution >= 4 is 11.6 Å². The molecule has 1 rings (SSSR count). The van der Waals surface area contributed by atoms with Gasteiger partial charge in [0.05, 0.1) is 0 Å². The molecule has 1 nitrogen and oxygen atoms in total. The maximum atomic E-state index is 5.40. The topological polar surface area (TPSA) is 12.0 Å². The van der Waals surface area contributed by atoms with Crippen molar-refractivity contribution in [2.75, 3.05) is 13.1 Å². The molecule has 0 saturated carbocycles. The fraction of sp³-hybridized carbons (Fsp3) is 0.333. The van der Waals surface area contributed by atoms with Gasteiger partial charge in [-0.1, -0.05) is 47.5 Å². The SMILES string of the molecule is Cc1cccc(CCNC/C=C/Cl)c1. The summed E-state index contributed by atoms with van der Waals surface area (Å²) in [7, 11) is 0. The monoisotopic (exact) mass is 209 g/mol. The number of rotatable bonds is 5. The van der Waals surface area contributed by atoms with Gasteiger partial charge < -0.3 is 5.32 Å². The first-order valence-corrected chi connectivity index (χ1v) is 5.28. The van der Waals surface area contributed by atoms with Crippen LogP contribution in [-0.4, -0.2) is 13.1 Å². The lowest BCUT2D eigenvalue weighted by atomic mass is 10.1. The van der Waals surface area contributed by atoms with Gasteiger partial charge in [-0.05, 0) is 25.5 Å². The molecule has 0 aromatic heterocycles. The summed E-state index contributed by atoms with van der Waals surface area (Å²) in [6.45, 7) is 3.95. The summed E-state index contributed by atoms with van der Waals surface area (Å²) in [4.78, 5) is 0. The van der Waals surface area contributed by atoms with E-state index in [0.717, 1.165) is 19.5 Å². The number of halogens is 1. The van der Waals surface area contributed by atoms with Crippen LogP contribution in [0, 0.1) is 6.92 Å². The average Bonchev–Trinajstić information content (AvgIpc) is 2.18. The predicted molar refractivity (Wildman–Crippen MR) is 62.7 cm³/mol. The van der Waals surface area contributed by atoms with Crippen LogP contribution in [0.4, 0.5) is 0 Å². The molecule has 0 spiro atoms. The molecule has 0 aliphatic heterocycles. The third-order valence-corrected chi connectivity index (χ3v) is 2.20. The van der Waals surface area contributed by atoms with Crippen LogP contribution in [0.3, 0.4) is 0 Å². The molecule has 1 N–H and O–H groups in total. The second-order valence-electron chi connectivity index (χ2n) is 3.30. The molecule has 1 aromatic rings. The van der Waals surface area contributed by atoms with E-state index in [-0.39, 0.29) is 0 Å². The highest BCUT2D eigenvalue weighted by molar-refractivity contribution is 6.25. The van der Waals surface area contributed by atoms with Crippen LogP contribution in [0.25, 0.3) is 0 Å². The van der Waals surface area contributed by atoms with Gasteiger partial charge >= 0.3 is 0 Å². The Bertz CT molecular complexity index is 294. The van der Waals surface area contributed by atoms with Gasteiger partial charge in [0.25, 0.3) is 0 Å². The van der Waals surface area contributed by atoms with Gasteiger partial charge in [-0.2, -0.15) is 0 Å². The van der Waals surface area contributed by atoms with E-state index in [1.807, 2.05) is 6.08 Å². The highest BCUT2D eigenvalue weighted by Crippen LogP contribution is 2.03. The maximum Gasteiger partial charge on any atom is 0.0146 e. The Morgan fingerprint density at radius 3 is 3.00 bits per heavy atom. The normalized spacial score (nSPS) is 11.0. The summed E-state index contributed by atoms with van der Waals surface area (Å²) in [5.74, 6) is 0. The zero-order valence-electron chi connectivity index (χ0n) is 8.46. The van der Waals surface area contributed by atoms with Gasteiger partial charge in [0, 0.05) is 12.1 Å². The lowest BCUT2D eigenvalue weighted by Crippen LogP contribution is -2.16. The van der Waals surface area contributed by atoms with E-state index in [4.69, 9.17) is 11.6 Å². The summed E-state index contributed by atoms with van der Waals surface area (Å²) in [6.07, 6.45) is 2.97. The van der Waals surface area contributed by atoms with Crippen molar-refractivity contribution in [3.8, 4) is 0 Å². The van der Waals surface area contributed by atoms with E-state index >= 15 is 0 Å². The van der Waals surface area contributed by atoms with Crippen molar-refractivity contribution in [1.82, 2.24) is 5.32 Å². The zero-order chi connectivity index (χ0) is 10.2. The van der Waals surface area contributed by atoms with Crippen LogP contribution in [0.1, 0.15) is 11.1 Å². The van der Waals surface area contributed by atoms with Gasteiger partial charge in [-0.25, -0.2) is 0 Å². The Balaban J connectivity index is 2.24. The van der Waals surface area contributed by atoms with Gasteiger partial charge in [0.2, 0.25) is 0 Å². The Morgan fingerprint density at radius 2 is 2.29 bits per heavy atom. The van der Waals surface area contributed by atoms with Crippen molar-refractivity contribution < 1.29 is 0 Å². The Morgan fingerprint density at radius 1 is 1.43 bits per heavy atom. The van der Waals surface area contributed by atoms with Crippen molar-refractivity contribution in [2.24, 2.45) is 0 Å². The van der Waals surface area contributed by atoms with E-state index in [9.17, 15) is 0 Å². The van der Waals surface area contributed by atoms with Crippen LogP contribution >= 0.6 is 11.6 Å². The number of hydrogen-bond donors (Lipinski definition) is 1. The van der Waals surface area contributed by atoms with Gasteiger partial charge in [-0.3, -0.25) is 0 Å². The average molecular weight is 210 g/mol. The molecule has 0 heterocycles. The first-order chi connectivity index (χ1) is 6.83. The molecule has 0 radical (unpaired) electrons.